The van der Waals surface area contributed by atoms with E-state index in [1.165, 1.54) is 25.5 Å². The first kappa shape index (κ1) is 14.3. The number of hydrogen-bond donors (Lipinski definition) is 1. The van der Waals surface area contributed by atoms with Gasteiger partial charge in [0.2, 0.25) is 10.0 Å². The lowest BCUT2D eigenvalue weighted by molar-refractivity contribution is 0.233. The van der Waals surface area contributed by atoms with Crippen molar-refractivity contribution in [1.29, 1.82) is 0 Å². The number of rotatable bonds is 6. The second kappa shape index (κ2) is 5.88. The highest BCUT2D eigenvalue weighted by molar-refractivity contribution is 7.88. The van der Waals surface area contributed by atoms with E-state index in [9.17, 15) is 8.42 Å². The van der Waals surface area contributed by atoms with E-state index in [4.69, 9.17) is 0 Å². The molecular formula is C13H26N2O2S. The van der Waals surface area contributed by atoms with Crippen molar-refractivity contribution < 1.29 is 8.42 Å². The van der Waals surface area contributed by atoms with Crippen LogP contribution in [0.1, 0.15) is 39.0 Å². The smallest absolute Gasteiger partial charge is 0.211 e. The highest BCUT2D eigenvalue weighted by Gasteiger charge is 2.27. The van der Waals surface area contributed by atoms with E-state index in [0.29, 0.717) is 18.4 Å². The van der Waals surface area contributed by atoms with Gasteiger partial charge in [-0.05, 0) is 50.5 Å². The first-order chi connectivity index (χ1) is 8.45. The normalized spacial score (nSPS) is 28.2. The van der Waals surface area contributed by atoms with Crippen LogP contribution >= 0.6 is 0 Å². The van der Waals surface area contributed by atoms with Crippen molar-refractivity contribution in [2.24, 2.45) is 11.8 Å². The van der Waals surface area contributed by atoms with Crippen LogP contribution in [0.4, 0.5) is 0 Å². The van der Waals surface area contributed by atoms with Crippen LogP contribution in [0.25, 0.3) is 0 Å². The Balaban J connectivity index is 1.74. The Hall–Kier alpha value is -0.130. The van der Waals surface area contributed by atoms with Crippen molar-refractivity contribution in [3.05, 3.63) is 0 Å². The van der Waals surface area contributed by atoms with Crippen molar-refractivity contribution >= 4 is 10.0 Å². The quantitative estimate of drug-likeness (QED) is 0.797. The summed E-state index contributed by atoms with van der Waals surface area (Å²) in [5.41, 5.74) is 0. The Labute approximate surface area is 111 Å². The second-order valence-electron chi connectivity index (χ2n) is 6.15. The topological polar surface area (TPSA) is 49.4 Å². The molecule has 2 fully saturated rings. The molecule has 2 aliphatic rings. The molecular weight excluding hydrogens is 248 g/mol. The van der Waals surface area contributed by atoms with Crippen molar-refractivity contribution in [3.8, 4) is 0 Å². The third kappa shape index (κ3) is 4.52. The second-order valence-corrected chi connectivity index (χ2v) is 8.14. The molecule has 18 heavy (non-hydrogen) atoms. The third-order valence-corrected chi connectivity index (χ3v) is 5.29. The lowest BCUT2D eigenvalue weighted by Gasteiger charge is -2.32. The van der Waals surface area contributed by atoms with E-state index in [0.717, 1.165) is 32.0 Å². The fourth-order valence-corrected chi connectivity index (χ4v) is 3.77. The molecule has 0 radical (unpaired) electrons. The van der Waals surface area contributed by atoms with Crippen LogP contribution in [0.2, 0.25) is 0 Å². The summed E-state index contributed by atoms with van der Waals surface area (Å²) >= 11 is 0. The molecule has 0 aromatic rings. The molecule has 1 heterocycles. The van der Waals surface area contributed by atoms with Crippen LogP contribution in [-0.4, -0.2) is 44.7 Å². The van der Waals surface area contributed by atoms with Gasteiger partial charge in [-0.2, -0.15) is 0 Å². The molecule has 2 atom stereocenters. The number of sulfonamides is 1. The number of nitrogens with zero attached hydrogens (tertiary/aromatic N) is 1. The third-order valence-electron chi connectivity index (χ3n) is 4.02. The fraction of sp³-hybridized carbons (Fsp3) is 1.00. The summed E-state index contributed by atoms with van der Waals surface area (Å²) in [4.78, 5) is 0. The van der Waals surface area contributed by atoms with Gasteiger partial charge in [-0.25, -0.2) is 12.7 Å². The molecule has 0 aromatic heterocycles. The van der Waals surface area contributed by atoms with Gasteiger partial charge in [0.25, 0.3) is 0 Å². The van der Waals surface area contributed by atoms with Gasteiger partial charge in [-0.1, -0.05) is 6.92 Å². The molecule has 2 unspecified atom stereocenters. The van der Waals surface area contributed by atoms with Crippen molar-refractivity contribution in [3.63, 3.8) is 0 Å². The SMILES string of the molecule is CC(CNC1CC1)CC1CCCN(S(C)(=O)=O)C1. The highest BCUT2D eigenvalue weighted by atomic mass is 32.2. The molecule has 0 bridgehead atoms. The number of hydrogen-bond acceptors (Lipinski definition) is 3. The van der Waals surface area contributed by atoms with Crippen LogP contribution in [0.3, 0.4) is 0 Å². The molecule has 0 amide bonds. The first-order valence-corrected chi connectivity index (χ1v) is 8.98. The zero-order valence-electron chi connectivity index (χ0n) is 11.6. The zero-order chi connectivity index (χ0) is 13.2. The van der Waals surface area contributed by atoms with Gasteiger partial charge in [0.1, 0.15) is 0 Å². The predicted molar refractivity (Wildman–Crippen MR) is 73.9 cm³/mol. The predicted octanol–water partition coefficient (Wildman–Crippen LogP) is 1.44. The van der Waals surface area contributed by atoms with Crippen LogP contribution in [0, 0.1) is 11.8 Å². The molecule has 106 valence electrons. The van der Waals surface area contributed by atoms with Gasteiger partial charge in [0.15, 0.2) is 0 Å². The Morgan fingerprint density at radius 1 is 1.33 bits per heavy atom. The molecule has 1 saturated carbocycles. The minimum absolute atomic E-state index is 0.546. The van der Waals surface area contributed by atoms with E-state index in [1.807, 2.05) is 0 Å². The monoisotopic (exact) mass is 274 g/mol. The Morgan fingerprint density at radius 2 is 2.06 bits per heavy atom. The lowest BCUT2D eigenvalue weighted by atomic mass is 9.90. The van der Waals surface area contributed by atoms with Crippen molar-refractivity contribution in [2.75, 3.05) is 25.9 Å². The summed E-state index contributed by atoms with van der Waals surface area (Å²) < 4.78 is 24.8. The Bertz CT molecular complexity index is 365. The fourth-order valence-electron chi connectivity index (χ4n) is 2.83. The van der Waals surface area contributed by atoms with Gasteiger partial charge in [0, 0.05) is 19.1 Å². The number of piperidine rings is 1. The molecule has 0 spiro atoms. The minimum Gasteiger partial charge on any atom is -0.314 e. The molecule has 1 saturated heterocycles. The summed E-state index contributed by atoms with van der Waals surface area (Å²) in [6.07, 6.45) is 7.33. The maximum atomic E-state index is 11.6. The van der Waals surface area contributed by atoms with Gasteiger partial charge in [-0.15, -0.1) is 0 Å². The summed E-state index contributed by atoms with van der Waals surface area (Å²) in [7, 11) is -2.99. The van der Waals surface area contributed by atoms with E-state index in [2.05, 4.69) is 12.2 Å². The van der Waals surface area contributed by atoms with E-state index in [-0.39, 0.29) is 0 Å². The van der Waals surface area contributed by atoms with Crippen LogP contribution < -0.4 is 5.32 Å². The first-order valence-electron chi connectivity index (χ1n) is 7.13. The summed E-state index contributed by atoms with van der Waals surface area (Å²) in [5.74, 6) is 1.19. The Kier molecular flexibility index (Phi) is 4.67. The largest absolute Gasteiger partial charge is 0.314 e. The van der Waals surface area contributed by atoms with Gasteiger partial charge < -0.3 is 5.32 Å². The zero-order valence-corrected chi connectivity index (χ0v) is 12.4. The van der Waals surface area contributed by atoms with Crippen LogP contribution in [0.5, 0.6) is 0 Å². The van der Waals surface area contributed by atoms with Crippen molar-refractivity contribution in [2.45, 2.75) is 45.1 Å². The average molecular weight is 274 g/mol. The van der Waals surface area contributed by atoms with Gasteiger partial charge >= 0.3 is 0 Å². The van der Waals surface area contributed by atoms with Crippen molar-refractivity contribution in [1.82, 2.24) is 9.62 Å². The molecule has 5 heteroatoms. The Morgan fingerprint density at radius 3 is 2.67 bits per heavy atom. The summed E-state index contributed by atoms with van der Waals surface area (Å²) in [5, 5.41) is 3.56. The number of nitrogens with one attached hydrogen (secondary N) is 1. The van der Waals surface area contributed by atoms with Crippen LogP contribution in [0.15, 0.2) is 0 Å². The average Bonchev–Trinajstić information content (AvgIpc) is 3.09. The maximum absolute atomic E-state index is 11.6. The van der Waals surface area contributed by atoms with Crippen LogP contribution in [-0.2, 0) is 10.0 Å². The van der Waals surface area contributed by atoms with E-state index < -0.39 is 10.0 Å². The van der Waals surface area contributed by atoms with E-state index >= 15 is 0 Å². The van der Waals surface area contributed by atoms with Gasteiger partial charge in [0.05, 0.1) is 6.26 Å². The molecule has 4 nitrogen and oxygen atoms in total. The molecule has 1 aliphatic carbocycles. The standard InChI is InChI=1S/C13H26N2O2S/c1-11(9-14-13-5-6-13)8-12-4-3-7-15(10-12)18(2,16)17/h11-14H,3-10H2,1-2H3. The maximum Gasteiger partial charge on any atom is 0.211 e. The summed E-state index contributed by atoms with van der Waals surface area (Å²) in [6, 6.07) is 0.770. The molecule has 1 N–H and O–H groups in total. The van der Waals surface area contributed by atoms with E-state index in [1.54, 1.807) is 4.31 Å². The molecule has 1 aliphatic heterocycles. The lowest BCUT2D eigenvalue weighted by Crippen LogP contribution is -2.40. The molecule has 2 rings (SSSR count). The molecule has 0 aromatic carbocycles. The highest BCUT2D eigenvalue weighted by Crippen LogP contribution is 2.25. The van der Waals surface area contributed by atoms with Gasteiger partial charge in [-0.3, -0.25) is 0 Å². The minimum atomic E-state index is -2.99. The summed E-state index contributed by atoms with van der Waals surface area (Å²) in [6.45, 7) is 4.80.